The first-order valence-corrected chi connectivity index (χ1v) is 9.90. The minimum atomic E-state index is -3.70. The second-order valence-corrected chi connectivity index (χ2v) is 8.50. The van der Waals surface area contributed by atoms with Gasteiger partial charge in [0, 0.05) is 25.6 Å². The van der Waals surface area contributed by atoms with Crippen LogP contribution in [0.2, 0.25) is 5.02 Å². The number of hydrogen-bond donors (Lipinski definition) is 0. The largest absolute Gasteiger partial charge is 0.489 e. The first-order chi connectivity index (χ1) is 11.3. The minimum Gasteiger partial charge on any atom is -0.489 e. The van der Waals surface area contributed by atoms with E-state index in [0.29, 0.717) is 31.1 Å². The standard InChI is InChI=1S/C16H21ClN2O4S/c1-11-5-3-4-6-19(11)24(21,22)16-10-15-14(9-13(16)17)18(12(2)20)7-8-23-15/h9-11H,3-8H2,1-2H3. The molecule has 0 aromatic heterocycles. The van der Waals surface area contributed by atoms with Gasteiger partial charge in [0.25, 0.3) is 0 Å². The van der Waals surface area contributed by atoms with E-state index in [0.717, 1.165) is 19.3 Å². The van der Waals surface area contributed by atoms with Crippen molar-refractivity contribution in [2.75, 3.05) is 24.6 Å². The summed E-state index contributed by atoms with van der Waals surface area (Å²) in [5.41, 5.74) is 0.518. The van der Waals surface area contributed by atoms with Gasteiger partial charge in [0.1, 0.15) is 17.3 Å². The van der Waals surface area contributed by atoms with Crippen LogP contribution in [0.4, 0.5) is 5.69 Å². The van der Waals surface area contributed by atoms with E-state index in [1.807, 2.05) is 6.92 Å². The van der Waals surface area contributed by atoms with E-state index in [1.54, 1.807) is 4.90 Å². The quantitative estimate of drug-likeness (QED) is 0.800. The zero-order valence-electron chi connectivity index (χ0n) is 13.8. The lowest BCUT2D eigenvalue weighted by molar-refractivity contribution is -0.116. The third-order valence-corrected chi connectivity index (χ3v) is 7.06. The van der Waals surface area contributed by atoms with E-state index in [2.05, 4.69) is 0 Å². The topological polar surface area (TPSA) is 66.9 Å². The predicted molar refractivity (Wildman–Crippen MR) is 92.2 cm³/mol. The summed E-state index contributed by atoms with van der Waals surface area (Å²) < 4.78 is 33.1. The Balaban J connectivity index is 2.04. The van der Waals surface area contributed by atoms with Crippen molar-refractivity contribution >= 4 is 33.2 Å². The van der Waals surface area contributed by atoms with Crippen LogP contribution in [0.25, 0.3) is 0 Å². The van der Waals surface area contributed by atoms with Crippen LogP contribution in [-0.2, 0) is 14.8 Å². The van der Waals surface area contributed by atoms with Crippen molar-refractivity contribution in [1.29, 1.82) is 0 Å². The summed E-state index contributed by atoms with van der Waals surface area (Å²) in [6.45, 7) is 4.62. The van der Waals surface area contributed by atoms with Gasteiger partial charge in [-0.05, 0) is 25.8 Å². The molecule has 0 spiro atoms. The molecule has 8 heteroatoms. The highest BCUT2D eigenvalue weighted by Gasteiger charge is 2.34. The highest BCUT2D eigenvalue weighted by Crippen LogP contribution is 2.40. The second-order valence-electron chi connectivity index (χ2n) is 6.23. The summed E-state index contributed by atoms with van der Waals surface area (Å²) in [6, 6.07) is 2.91. The van der Waals surface area contributed by atoms with Crippen LogP contribution in [0.15, 0.2) is 17.0 Å². The number of carbonyl (C=O) groups excluding carboxylic acids is 1. The second kappa shape index (κ2) is 6.54. The number of halogens is 1. The summed E-state index contributed by atoms with van der Waals surface area (Å²) in [6.07, 6.45) is 2.72. The van der Waals surface area contributed by atoms with Crippen LogP contribution >= 0.6 is 11.6 Å². The van der Waals surface area contributed by atoms with Gasteiger partial charge >= 0.3 is 0 Å². The van der Waals surface area contributed by atoms with Crippen LogP contribution in [0.1, 0.15) is 33.1 Å². The molecule has 1 amide bonds. The van der Waals surface area contributed by atoms with Crippen molar-refractivity contribution < 1.29 is 17.9 Å². The first-order valence-electron chi connectivity index (χ1n) is 8.08. The van der Waals surface area contributed by atoms with Gasteiger partial charge in [-0.3, -0.25) is 4.79 Å². The SMILES string of the molecule is CC(=O)N1CCOc2cc(S(=O)(=O)N3CCCCC3C)c(Cl)cc21. The van der Waals surface area contributed by atoms with Crippen molar-refractivity contribution in [2.24, 2.45) is 0 Å². The molecule has 1 atom stereocenters. The number of hydrogen-bond acceptors (Lipinski definition) is 4. The first kappa shape index (κ1) is 17.5. The summed E-state index contributed by atoms with van der Waals surface area (Å²) in [7, 11) is -3.70. The third-order valence-electron chi connectivity index (χ3n) is 4.59. The molecule has 0 bridgehead atoms. The Bertz CT molecular complexity index is 766. The Morgan fingerprint density at radius 1 is 1.29 bits per heavy atom. The number of rotatable bonds is 2. The molecule has 1 fully saturated rings. The highest BCUT2D eigenvalue weighted by molar-refractivity contribution is 7.89. The van der Waals surface area contributed by atoms with Gasteiger partial charge in [0.2, 0.25) is 15.9 Å². The predicted octanol–water partition coefficient (Wildman–Crippen LogP) is 2.65. The zero-order chi connectivity index (χ0) is 17.5. The van der Waals surface area contributed by atoms with Gasteiger partial charge in [-0.25, -0.2) is 8.42 Å². The van der Waals surface area contributed by atoms with E-state index in [1.165, 1.54) is 23.4 Å². The number of anilines is 1. The van der Waals surface area contributed by atoms with E-state index in [-0.39, 0.29) is 21.9 Å². The fourth-order valence-electron chi connectivity index (χ4n) is 3.30. The molecule has 2 heterocycles. The molecule has 1 saturated heterocycles. The number of benzene rings is 1. The highest BCUT2D eigenvalue weighted by atomic mass is 35.5. The number of sulfonamides is 1. The number of fused-ring (bicyclic) bond motifs is 1. The lowest BCUT2D eigenvalue weighted by Gasteiger charge is -2.33. The monoisotopic (exact) mass is 372 g/mol. The molecule has 1 aromatic carbocycles. The lowest BCUT2D eigenvalue weighted by Crippen LogP contribution is -2.42. The van der Waals surface area contributed by atoms with Crippen LogP contribution in [0, 0.1) is 0 Å². The van der Waals surface area contributed by atoms with Crippen LogP contribution < -0.4 is 9.64 Å². The number of nitrogens with zero attached hydrogens (tertiary/aromatic N) is 2. The summed E-state index contributed by atoms with van der Waals surface area (Å²) in [5, 5.41) is 0.114. The molecule has 2 aliphatic rings. The van der Waals surface area contributed by atoms with Gasteiger partial charge in [0.15, 0.2) is 0 Å². The molecule has 1 aromatic rings. The Morgan fingerprint density at radius 3 is 2.71 bits per heavy atom. The number of ether oxygens (including phenoxy) is 1. The maximum atomic E-state index is 13.0. The van der Waals surface area contributed by atoms with Crippen molar-refractivity contribution in [3.05, 3.63) is 17.2 Å². The van der Waals surface area contributed by atoms with Crippen molar-refractivity contribution in [1.82, 2.24) is 4.31 Å². The lowest BCUT2D eigenvalue weighted by atomic mass is 10.1. The summed E-state index contributed by atoms with van der Waals surface area (Å²) in [5.74, 6) is 0.250. The molecule has 1 unspecified atom stereocenters. The van der Waals surface area contributed by atoms with Crippen molar-refractivity contribution in [2.45, 2.75) is 44.0 Å². The molecule has 132 valence electrons. The van der Waals surface area contributed by atoms with Crippen LogP contribution in [-0.4, -0.2) is 44.4 Å². The van der Waals surface area contributed by atoms with Gasteiger partial charge < -0.3 is 9.64 Å². The smallest absolute Gasteiger partial charge is 0.244 e. The zero-order valence-corrected chi connectivity index (χ0v) is 15.4. The summed E-state index contributed by atoms with van der Waals surface area (Å²) >= 11 is 6.28. The molecule has 6 nitrogen and oxygen atoms in total. The Kier molecular flexibility index (Phi) is 4.77. The average molecular weight is 373 g/mol. The molecule has 3 rings (SSSR count). The van der Waals surface area contributed by atoms with Crippen molar-refractivity contribution in [3.8, 4) is 5.75 Å². The summed E-state index contributed by atoms with van der Waals surface area (Å²) in [4.78, 5) is 13.3. The molecule has 24 heavy (non-hydrogen) atoms. The fraction of sp³-hybridized carbons (Fsp3) is 0.562. The Morgan fingerprint density at radius 2 is 2.04 bits per heavy atom. The Hall–Kier alpha value is -1.31. The normalized spacial score (nSPS) is 22.0. The maximum Gasteiger partial charge on any atom is 0.244 e. The van der Waals surface area contributed by atoms with E-state index in [4.69, 9.17) is 16.3 Å². The molecule has 0 N–H and O–H groups in total. The van der Waals surface area contributed by atoms with Gasteiger partial charge in [-0.1, -0.05) is 18.0 Å². The van der Waals surface area contributed by atoms with Gasteiger partial charge in [-0.15, -0.1) is 0 Å². The van der Waals surface area contributed by atoms with E-state index < -0.39 is 10.0 Å². The molecule has 2 aliphatic heterocycles. The van der Waals surface area contributed by atoms with Crippen molar-refractivity contribution in [3.63, 3.8) is 0 Å². The molecular formula is C16H21ClN2O4S. The molecule has 0 aliphatic carbocycles. The molecule has 0 saturated carbocycles. The minimum absolute atomic E-state index is 0.0436. The number of piperidine rings is 1. The molecular weight excluding hydrogens is 352 g/mol. The maximum absolute atomic E-state index is 13.0. The van der Waals surface area contributed by atoms with E-state index in [9.17, 15) is 13.2 Å². The molecule has 0 radical (unpaired) electrons. The van der Waals surface area contributed by atoms with E-state index >= 15 is 0 Å². The average Bonchev–Trinajstić information content (AvgIpc) is 2.53. The number of amides is 1. The van der Waals surface area contributed by atoms with Gasteiger partial charge in [0.05, 0.1) is 17.3 Å². The van der Waals surface area contributed by atoms with Gasteiger partial charge in [-0.2, -0.15) is 4.31 Å². The number of carbonyl (C=O) groups is 1. The Labute approximate surface area is 147 Å². The fourth-order valence-corrected chi connectivity index (χ4v) is 5.51. The van der Waals surface area contributed by atoms with Crippen LogP contribution in [0.3, 0.4) is 0 Å². The van der Waals surface area contributed by atoms with Crippen LogP contribution in [0.5, 0.6) is 5.75 Å². The third kappa shape index (κ3) is 3.00.